The van der Waals surface area contributed by atoms with Gasteiger partial charge in [-0.2, -0.15) is 18.2 Å². The van der Waals surface area contributed by atoms with Crippen molar-refractivity contribution in [2.75, 3.05) is 0 Å². The van der Waals surface area contributed by atoms with E-state index in [0.717, 1.165) is 9.67 Å². The second-order valence-corrected chi connectivity index (χ2v) is 13.3. The first-order chi connectivity index (χ1) is 20.3. The molecule has 1 nitrogen and oxygen atoms in total. The van der Waals surface area contributed by atoms with E-state index < -0.39 is 23.6 Å². The van der Waals surface area contributed by atoms with Crippen molar-refractivity contribution >= 4 is 43.4 Å². The molecule has 0 N–H and O–H groups in total. The number of Topliss-reactive ketones (excluding diaryl/α,β-unsaturated/α-hetero) is 1. The Morgan fingerprint density at radius 2 is 0.829 bits per heavy atom. The van der Waals surface area contributed by atoms with Crippen LogP contribution in [0.1, 0.15) is 15.9 Å². The molecular weight excluding hydrogens is 628 g/mol. The maximum atomic E-state index is 12.3. The van der Waals surface area contributed by atoms with Crippen molar-refractivity contribution in [1.82, 2.24) is 0 Å². The number of benzene rings is 5. The summed E-state index contributed by atoms with van der Waals surface area (Å²) in [6.45, 7) is 0. The van der Waals surface area contributed by atoms with Crippen LogP contribution in [0.25, 0.3) is 0 Å². The Morgan fingerprint density at radius 3 is 1.15 bits per heavy atom. The van der Waals surface area contributed by atoms with Crippen LogP contribution in [0.3, 0.4) is 0 Å². The van der Waals surface area contributed by atoms with Gasteiger partial charge in [-0.05, 0) is 36.4 Å². The van der Waals surface area contributed by atoms with Crippen molar-refractivity contribution in [2.45, 2.75) is 0 Å². The summed E-state index contributed by atoms with van der Waals surface area (Å²) in [6.07, 6.45) is 0. The average molecular weight is 659 g/mol. The Morgan fingerprint density at radius 1 is 0.488 bits per heavy atom. The molecule has 0 spiro atoms. The first-order valence-corrected chi connectivity index (χ1v) is 17.8. The van der Waals surface area contributed by atoms with Crippen molar-refractivity contribution in [2.24, 2.45) is 0 Å². The van der Waals surface area contributed by atoms with Crippen LogP contribution in [-0.2, 0) is 15.7 Å². The molecule has 0 aliphatic rings. The van der Waals surface area contributed by atoms with E-state index in [-0.39, 0.29) is 5.78 Å². The third kappa shape index (κ3) is 9.45. The molecule has 0 saturated heterocycles. The van der Waals surface area contributed by atoms with Gasteiger partial charge in [0.1, 0.15) is 15.9 Å². The zero-order valence-corrected chi connectivity index (χ0v) is 26.0. The predicted octanol–water partition coefficient (Wildman–Crippen LogP) is 7.91. The molecule has 0 bridgehead atoms. The van der Waals surface area contributed by atoms with E-state index in [4.69, 9.17) is 9.69 Å². The van der Waals surface area contributed by atoms with E-state index in [0.29, 0.717) is 5.56 Å². The smallest absolute Gasteiger partial charge is 0.102 e. The maximum absolute atomic E-state index is 12.3. The largest absolute Gasteiger partial charge is 0.214 e. The molecule has 0 saturated carbocycles. The normalized spacial score (nSPS) is 10.7. The van der Waals surface area contributed by atoms with Crippen LogP contribution in [0, 0.1) is 0 Å². The third-order valence-corrected chi connectivity index (χ3v) is 10.8. The van der Waals surface area contributed by atoms with Crippen molar-refractivity contribution < 1.29 is 20.5 Å². The Kier molecular flexibility index (Phi) is 12.7. The summed E-state index contributed by atoms with van der Waals surface area (Å²) >= 11 is -0.585. The van der Waals surface area contributed by atoms with Crippen LogP contribution in [0.5, 0.6) is 0 Å². The third-order valence-electron chi connectivity index (χ3n) is 6.06. The van der Waals surface area contributed by atoms with Crippen LogP contribution in [0.15, 0.2) is 182 Å². The molecular formula is C37H31ClOPRu. The van der Waals surface area contributed by atoms with Gasteiger partial charge in [-0.1, -0.05) is 54.6 Å². The molecule has 205 valence electrons. The summed E-state index contributed by atoms with van der Waals surface area (Å²) in [5.41, 5.74) is 1.62. The molecule has 0 unspecified atom stereocenters. The summed E-state index contributed by atoms with van der Waals surface area (Å²) < 4.78 is 0.727. The average Bonchev–Trinajstić information content (AvgIpc) is 3.65. The van der Waals surface area contributed by atoms with Gasteiger partial charge in [-0.3, -0.25) is 0 Å². The fourth-order valence-corrected chi connectivity index (χ4v) is 8.40. The zero-order chi connectivity index (χ0) is 28.5. The SMILES string of the molecule is O=C([C](=[Ru][Cl])c1ccccc1)c1ccccc1.c1cc[cH-]c1.c1ccc([PH+](c2ccccc2)c2ccccc2)cc1. The van der Waals surface area contributed by atoms with Gasteiger partial charge in [0.2, 0.25) is 0 Å². The fraction of sp³-hybridized carbons (Fsp3) is 0. The number of ketones is 1. The summed E-state index contributed by atoms with van der Waals surface area (Å²) in [4.78, 5) is 12.3. The molecule has 0 heterocycles. The fourth-order valence-electron chi connectivity index (χ4n) is 4.13. The Labute approximate surface area is 255 Å². The number of rotatable bonds is 6. The first kappa shape index (κ1) is 30.3. The molecule has 6 rings (SSSR count). The zero-order valence-electron chi connectivity index (χ0n) is 22.5. The van der Waals surface area contributed by atoms with E-state index in [1.807, 2.05) is 91.0 Å². The maximum Gasteiger partial charge on any atom is 0.102 e. The Bertz CT molecular complexity index is 1460. The number of carbonyl (C=O) groups is 1. The van der Waals surface area contributed by atoms with Gasteiger partial charge in [0.15, 0.2) is 0 Å². The van der Waals surface area contributed by atoms with Crippen LogP contribution in [0.2, 0.25) is 0 Å². The second-order valence-electron chi connectivity index (χ2n) is 8.87. The number of hydrogen-bond donors (Lipinski definition) is 0. The molecule has 0 atom stereocenters. The van der Waals surface area contributed by atoms with Gasteiger partial charge in [-0.15, -0.1) is 0 Å². The Balaban J connectivity index is 0.000000162. The molecule has 0 aromatic heterocycles. The topological polar surface area (TPSA) is 17.1 Å². The van der Waals surface area contributed by atoms with Gasteiger partial charge in [-0.25, -0.2) is 12.1 Å². The minimum Gasteiger partial charge on any atom is -0.214 e. The van der Waals surface area contributed by atoms with Gasteiger partial charge < -0.3 is 0 Å². The van der Waals surface area contributed by atoms with Gasteiger partial charge in [0.05, 0.1) is 7.92 Å². The first-order valence-electron chi connectivity index (χ1n) is 13.2. The van der Waals surface area contributed by atoms with E-state index in [2.05, 4.69) is 91.0 Å². The van der Waals surface area contributed by atoms with E-state index in [1.54, 1.807) is 0 Å². The standard InChI is InChI=1S/C18H15P.C14H10O.C5H5.ClH.Ru/c1-4-10-16(11-5-1)19(17-12-6-2-7-13-17)18-14-8-3-9-15-18;15-14(13-9-5-2-6-10-13)11-12-7-3-1-4-8-12;1-2-4-5-3-1;;/h1-15H;1-10H;1-5H;1H;/q;;-1;;+1. The molecule has 0 radical (unpaired) electrons. The predicted molar refractivity (Wildman–Crippen MR) is 176 cm³/mol. The molecule has 0 aliphatic heterocycles. The van der Waals surface area contributed by atoms with E-state index in [9.17, 15) is 4.79 Å². The molecule has 4 heteroatoms. The van der Waals surface area contributed by atoms with E-state index >= 15 is 0 Å². The minimum absolute atomic E-state index is 0.0324. The minimum atomic E-state index is -0.877. The van der Waals surface area contributed by atoms with Crippen LogP contribution in [-0.4, -0.2) is 9.89 Å². The Hall–Kier alpha value is -3.67. The van der Waals surface area contributed by atoms with Crippen LogP contribution >= 0.6 is 17.6 Å². The van der Waals surface area contributed by atoms with Crippen LogP contribution in [0.4, 0.5) is 0 Å². The molecule has 6 aromatic carbocycles. The molecule has 6 aromatic rings. The van der Waals surface area contributed by atoms with Crippen molar-refractivity contribution in [3.8, 4) is 0 Å². The van der Waals surface area contributed by atoms with Crippen molar-refractivity contribution in [1.29, 1.82) is 0 Å². The number of carbonyl (C=O) groups excluding carboxylic acids is 1. The van der Waals surface area contributed by atoms with Gasteiger partial charge >= 0.3 is 112 Å². The summed E-state index contributed by atoms with van der Waals surface area (Å²) in [5, 5.41) is 4.31. The van der Waals surface area contributed by atoms with Crippen molar-refractivity contribution in [3.05, 3.63) is 193 Å². The van der Waals surface area contributed by atoms with E-state index in [1.165, 1.54) is 15.9 Å². The molecule has 0 aliphatic carbocycles. The van der Waals surface area contributed by atoms with Crippen LogP contribution < -0.4 is 15.9 Å². The second kappa shape index (κ2) is 17.2. The molecule has 0 amide bonds. The van der Waals surface area contributed by atoms with Gasteiger partial charge in [0.25, 0.3) is 0 Å². The van der Waals surface area contributed by atoms with Gasteiger partial charge in [0, 0.05) is 0 Å². The number of hydrogen-bond acceptors (Lipinski definition) is 1. The van der Waals surface area contributed by atoms with Crippen molar-refractivity contribution in [3.63, 3.8) is 0 Å². The molecule has 41 heavy (non-hydrogen) atoms. The quantitative estimate of drug-likeness (QED) is 0.0770. The monoisotopic (exact) mass is 659 g/mol. The summed E-state index contributed by atoms with van der Waals surface area (Å²) in [5.74, 6) is 0.0324. The molecule has 0 fully saturated rings. The summed E-state index contributed by atoms with van der Waals surface area (Å²) in [6, 6.07) is 61.4. The summed E-state index contributed by atoms with van der Waals surface area (Å²) in [7, 11) is 5.10. The number of halogens is 1.